The van der Waals surface area contributed by atoms with Crippen molar-refractivity contribution in [2.75, 3.05) is 5.75 Å². The van der Waals surface area contributed by atoms with Crippen molar-refractivity contribution < 1.29 is 13.2 Å². The number of carbonyl (C=O) groups excluding carboxylic acids is 1. The van der Waals surface area contributed by atoms with Crippen molar-refractivity contribution >= 4 is 15.7 Å². The molecule has 0 aliphatic carbocycles. The number of hydrogen-bond donors (Lipinski definition) is 1. The first-order chi connectivity index (χ1) is 10.0. The van der Waals surface area contributed by atoms with Crippen LogP contribution in [0.1, 0.15) is 22.8 Å². The topological polar surface area (TPSA) is 89.0 Å². The first-order valence-corrected chi connectivity index (χ1v) is 8.03. The highest BCUT2D eigenvalue weighted by Crippen LogP contribution is 2.11. The molecule has 0 saturated heterocycles. The number of sulfone groups is 1. The molecule has 2 aromatic rings. The van der Waals surface area contributed by atoms with E-state index in [0.717, 1.165) is 0 Å². The largest absolute Gasteiger partial charge is 0.348 e. The summed E-state index contributed by atoms with van der Waals surface area (Å²) in [5.74, 6) is -0.234. The molecular weight excluding hydrogens is 290 g/mol. The second kappa shape index (κ2) is 6.45. The summed E-state index contributed by atoms with van der Waals surface area (Å²) in [5.41, 5.74) is 1.13. The molecule has 6 nitrogen and oxygen atoms in total. The third-order valence-corrected chi connectivity index (χ3v) is 4.61. The number of amides is 1. The Labute approximate surface area is 123 Å². The average Bonchev–Trinajstić information content (AvgIpc) is 2.53. The molecular formula is C14H15N3O3S. The van der Waals surface area contributed by atoms with Gasteiger partial charge in [0, 0.05) is 36.9 Å². The summed E-state index contributed by atoms with van der Waals surface area (Å²) in [6.07, 6.45) is 5.91. The number of pyridine rings is 2. The quantitative estimate of drug-likeness (QED) is 0.896. The van der Waals surface area contributed by atoms with Gasteiger partial charge in [-0.3, -0.25) is 14.8 Å². The molecule has 1 N–H and O–H groups in total. The van der Waals surface area contributed by atoms with Crippen LogP contribution in [0, 0.1) is 0 Å². The van der Waals surface area contributed by atoms with Crippen LogP contribution in [0.25, 0.3) is 0 Å². The van der Waals surface area contributed by atoms with Crippen molar-refractivity contribution in [3.8, 4) is 0 Å². The molecule has 0 radical (unpaired) electrons. The fourth-order valence-electron chi connectivity index (χ4n) is 1.68. The molecule has 0 atom stereocenters. The molecule has 1 amide bonds. The second-order valence-electron chi connectivity index (χ2n) is 4.35. The zero-order valence-corrected chi connectivity index (χ0v) is 12.3. The lowest BCUT2D eigenvalue weighted by molar-refractivity contribution is 0.0950. The van der Waals surface area contributed by atoms with Crippen LogP contribution in [0.2, 0.25) is 0 Å². The van der Waals surface area contributed by atoms with Gasteiger partial charge in [0.25, 0.3) is 5.91 Å². The number of rotatable bonds is 5. The number of hydrogen-bond acceptors (Lipinski definition) is 5. The van der Waals surface area contributed by atoms with Crippen molar-refractivity contribution in [2.24, 2.45) is 0 Å². The zero-order valence-electron chi connectivity index (χ0n) is 11.5. The van der Waals surface area contributed by atoms with Crippen LogP contribution < -0.4 is 5.32 Å². The van der Waals surface area contributed by atoms with Gasteiger partial charge in [0.15, 0.2) is 9.84 Å². The maximum atomic E-state index is 11.9. The standard InChI is InChI=1S/C14H15N3O3S/c1-2-21(19,20)13-7-11(8-16-10-13)9-17-14(18)12-3-5-15-6-4-12/h3-8,10H,2,9H2,1H3,(H,17,18). The monoisotopic (exact) mass is 305 g/mol. The molecule has 0 fully saturated rings. The van der Waals surface area contributed by atoms with Crippen LogP contribution >= 0.6 is 0 Å². The molecule has 0 aromatic carbocycles. The van der Waals surface area contributed by atoms with Gasteiger partial charge in [-0.25, -0.2) is 8.42 Å². The molecule has 110 valence electrons. The summed E-state index contributed by atoms with van der Waals surface area (Å²) < 4.78 is 23.6. The Morgan fingerprint density at radius 1 is 1.19 bits per heavy atom. The van der Waals surface area contributed by atoms with Gasteiger partial charge in [0.2, 0.25) is 0 Å². The van der Waals surface area contributed by atoms with Crippen molar-refractivity contribution in [1.29, 1.82) is 0 Å². The van der Waals surface area contributed by atoms with Gasteiger partial charge in [-0.2, -0.15) is 0 Å². The van der Waals surface area contributed by atoms with Crippen LogP contribution in [0.4, 0.5) is 0 Å². The first kappa shape index (κ1) is 15.1. The zero-order chi connectivity index (χ0) is 15.3. The Morgan fingerprint density at radius 2 is 1.90 bits per heavy atom. The van der Waals surface area contributed by atoms with Crippen LogP contribution in [-0.2, 0) is 16.4 Å². The molecule has 0 saturated carbocycles. The third kappa shape index (κ3) is 3.85. The Bertz CT molecular complexity index is 730. The van der Waals surface area contributed by atoms with Gasteiger partial charge in [-0.1, -0.05) is 6.92 Å². The molecule has 2 rings (SSSR count). The van der Waals surface area contributed by atoms with E-state index in [9.17, 15) is 13.2 Å². The van der Waals surface area contributed by atoms with E-state index in [4.69, 9.17) is 0 Å². The van der Waals surface area contributed by atoms with Crippen LogP contribution in [0.5, 0.6) is 0 Å². The van der Waals surface area contributed by atoms with E-state index in [1.165, 1.54) is 30.9 Å². The Morgan fingerprint density at radius 3 is 2.57 bits per heavy atom. The molecule has 0 bridgehead atoms. The molecule has 0 aliphatic heterocycles. The van der Waals surface area contributed by atoms with E-state index in [1.54, 1.807) is 19.1 Å². The highest BCUT2D eigenvalue weighted by Gasteiger charge is 2.12. The summed E-state index contributed by atoms with van der Waals surface area (Å²) >= 11 is 0. The summed E-state index contributed by atoms with van der Waals surface area (Å²) in [5, 5.41) is 2.71. The molecule has 21 heavy (non-hydrogen) atoms. The van der Waals surface area contributed by atoms with E-state index >= 15 is 0 Å². The predicted molar refractivity (Wildman–Crippen MR) is 77.4 cm³/mol. The summed E-state index contributed by atoms with van der Waals surface area (Å²) in [4.78, 5) is 19.8. The summed E-state index contributed by atoms with van der Waals surface area (Å²) in [6, 6.07) is 4.73. The van der Waals surface area contributed by atoms with Gasteiger partial charge >= 0.3 is 0 Å². The molecule has 2 heterocycles. The van der Waals surface area contributed by atoms with Crippen molar-refractivity contribution in [2.45, 2.75) is 18.4 Å². The van der Waals surface area contributed by atoms with E-state index in [1.807, 2.05) is 0 Å². The highest BCUT2D eigenvalue weighted by atomic mass is 32.2. The third-order valence-electron chi connectivity index (χ3n) is 2.90. The van der Waals surface area contributed by atoms with Gasteiger partial charge in [-0.15, -0.1) is 0 Å². The number of nitrogens with one attached hydrogen (secondary N) is 1. The van der Waals surface area contributed by atoms with Crippen LogP contribution in [-0.4, -0.2) is 30.0 Å². The van der Waals surface area contributed by atoms with Crippen LogP contribution in [0.3, 0.4) is 0 Å². The minimum atomic E-state index is -3.29. The predicted octanol–water partition coefficient (Wildman–Crippen LogP) is 1.20. The Kier molecular flexibility index (Phi) is 4.64. The fourth-order valence-corrected chi connectivity index (χ4v) is 2.57. The molecule has 7 heteroatoms. The minimum absolute atomic E-state index is 0.0154. The molecule has 0 spiro atoms. The van der Waals surface area contributed by atoms with E-state index in [2.05, 4.69) is 15.3 Å². The Balaban J connectivity index is 2.08. The lowest BCUT2D eigenvalue weighted by Crippen LogP contribution is -2.23. The normalized spacial score (nSPS) is 11.1. The second-order valence-corrected chi connectivity index (χ2v) is 6.63. The SMILES string of the molecule is CCS(=O)(=O)c1cncc(CNC(=O)c2ccncc2)c1. The van der Waals surface area contributed by atoms with Crippen molar-refractivity contribution in [3.05, 3.63) is 54.1 Å². The first-order valence-electron chi connectivity index (χ1n) is 6.38. The number of aromatic nitrogens is 2. The molecule has 0 aliphatic rings. The van der Waals surface area contributed by atoms with Crippen molar-refractivity contribution in [1.82, 2.24) is 15.3 Å². The van der Waals surface area contributed by atoms with E-state index < -0.39 is 9.84 Å². The number of carbonyl (C=O) groups is 1. The highest BCUT2D eigenvalue weighted by molar-refractivity contribution is 7.91. The lowest BCUT2D eigenvalue weighted by Gasteiger charge is -2.07. The van der Waals surface area contributed by atoms with Gasteiger partial charge < -0.3 is 5.32 Å². The number of nitrogens with zero attached hydrogens (tertiary/aromatic N) is 2. The maximum Gasteiger partial charge on any atom is 0.251 e. The summed E-state index contributed by atoms with van der Waals surface area (Å²) in [6.45, 7) is 1.79. The molecule has 0 unspecified atom stereocenters. The summed E-state index contributed by atoms with van der Waals surface area (Å²) in [7, 11) is -3.29. The Hall–Kier alpha value is -2.28. The fraction of sp³-hybridized carbons (Fsp3) is 0.214. The van der Waals surface area contributed by atoms with Crippen LogP contribution in [0.15, 0.2) is 47.9 Å². The lowest BCUT2D eigenvalue weighted by atomic mass is 10.2. The average molecular weight is 305 g/mol. The van der Waals surface area contributed by atoms with Gasteiger partial charge in [0.1, 0.15) is 0 Å². The van der Waals surface area contributed by atoms with E-state index in [-0.39, 0.29) is 23.1 Å². The van der Waals surface area contributed by atoms with E-state index in [0.29, 0.717) is 11.1 Å². The molecule has 2 aromatic heterocycles. The maximum absolute atomic E-state index is 11.9. The van der Waals surface area contributed by atoms with Crippen molar-refractivity contribution in [3.63, 3.8) is 0 Å². The van der Waals surface area contributed by atoms with Gasteiger partial charge in [0.05, 0.1) is 10.6 Å². The minimum Gasteiger partial charge on any atom is -0.348 e. The smallest absolute Gasteiger partial charge is 0.251 e. The van der Waals surface area contributed by atoms with Gasteiger partial charge in [-0.05, 0) is 23.8 Å².